The SMILES string of the molecule is I.NC(=NCc1cccc(NC(=O)C2CCC2)c1)Nc1ccccc1OC(F)(F)F. The number of alkyl halides is 3. The average molecular weight is 534 g/mol. The summed E-state index contributed by atoms with van der Waals surface area (Å²) in [5.74, 6) is -0.374. The van der Waals surface area contributed by atoms with Gasteiger partial charge < -0.3 is 21.1 Å². The summed E-state index contributed by atoms with van der Waals surface area (Å²) < 4.78 is 41.4. The maximum absolute atomic E-state index is 12.5. The minimum Gasteiger partial charge on any atom is -0.404 e. The molecule has 0 aliphatic heterocycles. The van der Waals surface area contributed by atoms with Gasteiger partial charge in [-0.15, -0.1) is 37.1 Å². The zero-order valence-electron chi connectivity index (χ0n) is 15.9. The minimum absolute atomic E-state index is 0. The van der Waals surface area contributed by atoms with E-state index in [1.54, 1.807) is 24.3 Å². The number of nitrogens with zero attached hydrogens (tertiary/aromatic N) is 1. The van der Waals surface area contributed by atoms with Gasteiger partial charge in [-0.1, -0.05) is 30.7 Å². The van der Waals surface area contributed by atoms with E-state index < -0.39 is 12.1 Å². The second-order valence-corrected chi connectivity index (χ2v) is 6.69. The molecular formula is C20H22F3IN4O2. The van der Waals surface area contributed by atoms with Crippen LogP contribution in [0.25, 0.3) is 0 Å². The van der Waals surface area contributed by atoms with Crippen LogP contribution in [0.3, 0.4) is 0 Å². The van der Waals surface area contributed by atoms with Crippen LogP contribution in [0.5, 0.6) is 5.75 Å². The Morgan fingerprint density at radius 3 is 2.53 bits per heavy atom. The van der Waals surface area contributed by atoms with Crippen LogP contribution >= 0.6 is 24.0 Å². The van der Waals surface area contributed by atoms with Gasteiger partial charge in [0, 0.05) is 11.6 Å². The number of hydrogen-bond acceptors (Lipinski definition) is 3. The number of nitrogens with one attached hydrogen (secondary N) is 2. The minimum atomic E-state index is -4.81. The molecule has 0 bridgehead atoms. The maximum Gasteiger partial charge on any atom is 0.573 e. The molecule has 3 rings (SSSR count). The fourth-order valence-electron chi connectivity index (χ4n) is 2.80. The van der Waals surface area contributed by atoms with Gasteiger partial charge in [0.05, 0.1) is 12.2 Å². The number of aliphatic imine (C=N–C) groups is 1. The molecule has 30 heavy (non-hydrogen) atoms. The summed E-state index contributed by atoms with van der Waals surface area (Å²) in [6.07, 6.45) is -1.90. The first kappa shape index (κ1) is 23.8. The molecule has 0 saturated heterocycles. The number of amides is 1. The number of carbonyl (C=O) groups excluding carboxylic acids is 1. The number of hydrogen-bond donors (Lipinski definition) is 3. The van der Waals surface area contributed by atoms with Crippen LogP contribution < -0.4 is 21.1 Å². The molecule has 6 nitrogen and oxygen atoms in total. The molecule has 0 heterocycles. The van der Waals surface area contributed by atoms with Crippen LogP contribution in [0.2, 0.25) is 0 Å². The van der Waals surface area contributed by atoms with E-state index in [9.17, 15) is 18.0 Å². The van der Waals surface area contributed by atoms with Gasteiger partial charge in [-0.05, 0) is 42.7 Å². The Bertz CT molecular complexity index is 902. The molecule has 2 aromatic carbocycles. The number of benzene rings is 2. The quantitative estimate of drug-likeness (QED) is 0.281. The third kappa shape index (κ3) is 7.08. The lowest BCUT2D eigenvalue weighted by Crippen LogP contribution is -2.28. The third-order valence-corrected chi connectivity index (χ3v) is 4.48. The number of ether oxygens (including phenoxy) is 1. The molecule has 0 aromatic heterocycles. The van der Waals surface area contributed by atoms with E-state index >= 15 is 0 Å². The summed E-state index contributed by atoms with van der Waals surface area (Å²) in [5, 5.41) is 5.50. The first-order chi connectivity index (χ1) is 13.8. The Balaban J connectivity index is 0.00000320. The Kier molecular flexibility index (Phi) is 8.33. The van der Waals surface area contributed by atoms with Crippen molar-refractivity contribution in [3.8, 4) is 5.75 Å². The molecule has 1 aliphatic carbocycles. The molecular weight excluding hydrogens is 512 g/mol. The standard InChI is InChI=1S/C20H21F3N4O2.HI/c21-20(22,23)29-17-10-2-1-9-16(17)27-19(24)25-12-13-5-3-8-15(11-13)26-18(28)14-6-4-7-14;/h1-3,5,8-11,14H,4,6-7,12H2,(H,26,28)(H3,24,25,27);1H. The van der Waals surface area contributed by atoms with Gasteiger partial charge in [0.1, 0.15) is 0 Å². The zero-order valence-corrected chi connectivity index (χ0v) is 18.2. The largest absolute Gasteiger partial charge is 0.573 e. The highest BCUT2D eigenvalue weighted by Gasteiger charge is 2.32. The summed E-state index contributed by atoms with van der Waals surface area (Å²) in [6, 6.07) is 12.7. The molecule has 1 fully saturated rings. The van der Waals surface area contributed by atoms with Crippen LogP contribution in [-0.4, -0.2) is 18.2 Å². The summed E-state index contributed by atoms with van der Waals surface area (Å²) in [4.78, 5) is 16.2. The number of para-hydroxylation sites is 2. The summed E-state index contributed by atoms with van der Waals surface area (Å²) >= 11 is 0. The Morgan fingerprint density at radius 1 is 1.13 bits per heavy atom. The zero-order chi connectivity index (χ0) is 20.9. The van der Waals surface area contributed by atoms with Crippen molar-refractivity contribution in [3.05, 3.63) is 54.1 Å². The van der Waals surface area contributed by atoms with Crippen LogP contribution in [0, 0.1) is 5.92 Å². The van der Waals surface area contributed by atoms with Crippen molar-refractivity contribution < 1.29 is 22.7 Å². The monoisotopic (exact) mass is 534 g/mol. The Morgan fingerprint density at radius 2 is 1.87 bits per heavy atom. The maximum atomic E-state index is 12.5. The van der Waals surface area contributed by atoms with Gasteiger partial charge in [-0.2, -0.15) is 0 Å². The molecule has 0 radical (unpaired) electrons. The topological polar surface area (TPSA) is 88.7 Å². The highest BCUT2D eigenvalue weighted by Crippen LogP contribution is 2.30. The van der Waals surface area contributed by atoms with E-state index in [-0.39, 0.29) is 54.0 Å². The van der Waals surface area contributed by atoms with Gasteiger partial charge in [-0.3, -0.25) is 4.79 Å². The molecule has 162 valence electrons. The number of rotatable bonds is 6. The van der Waals surface area contributed by atoms with E-state index in [0.29, 0.717) is 5.69 Å². The Labute approximate surface area is 189 Å². The molecule has 1 saturated carbocycles. The summed E-state index contributed by atoms with van der Waals surface area (Å²) in [5.41, 5.74) is 7.32. The predicted molar refractivity (Wildman–Crippen MR) is 120 cm³/mol. The third-order valence-electron chi connectivity index (χ3n) is 4.48. The lowest BCUT2D eigenvalue weighted by molar-refractivity contribution is -0.274. The van der Waals surface area contributed by atoms with Gasteiger partial charge in [-0.25, -0.2) is 4.99 Å². The van der Waals surface area contributed by atoms with E-state index in [1.807, 2.05) is 6.07 Å². The Hall–Kier alpha value is -2.50. The molecule has 0 unspecified atom stereocenters. The molecule has 2 aromatic rings. The normalized spacial score (nSPS) is 14.3. The molecule has 4 N–H and O–H groups in total. The second-order valence-electron chi connectivity index (χ2n) is 6.69. The van der Waals surface area contributed by atoms with Gasteiger partial charge in [0.25, 0.3) is 0 Å². The number of halogens is 4. The molecule has 10 heteroatoms. The van der Waals surface area contributed by atoms with Crippen molar-refractivity contribution in [2.45, 2.75) is 32.2 Å². The summed E-state index contributed by atoms with van der Waals surface area (Å²) in [6.45, 7) is 0.189. The fourth-order valence-corrected chi connectivity index (χ4v) is 2.80. The summed E-state index contributed by atoms with van der Waals surface area (Å²) in [7, 11) is 0. The molecule has 0 atom stereocenters. The first-order valence-corrected chi connectivity index (χ1v) is 9.12. The second kappa shape index (κ2) is 10.5. The lowest BCUT2D eigenvalue weighted by Gasteiger charge is -2.24. The van der Waals surface area contributed by atoms with Crippen LogP contribution in [0.15, 0.2) is 53.5 Å². The van der Waals surface area contributed by atoms with Crippen molar-refractivity contribution in [2.24, 2.45) is 16.6 Å². The number of nitrogens with two attached hydrogens (primary N) is 1. The number of anilines is 2. The van der Waals surface area contributed by atoms with E-state index in [4.69, 9.17) is 5.73 Å². The van der Waals surface area contributed by atoms with Crippen molar-refractivity contribution in [3.63, 3.8) is 0 Å². The highest BCUT2D eigenvalue weighted by atomic mass is 127. The van der Waals surface area contributed by atoms with Crippen molar-refractivity contribution >= 4 is 47.2 Å². The fraction of sp³-hybridized carbons (Fsp3) is 0.300. The molecule has 0 spiro atoms. The van der Waals surface area contributed by atoms with Gasteiger partial charge in [0.2, 0.25) is 5.91 Å². The van der Waals surface area contributed by atoms with E-state index in [0.717, 1.165) is 24.8 Å². The number of guanidine groups is 1. The average Bonchev–Trinajstić information content (AvgIpc) is 2.59. The smallest absolute Gasteiger partial charge is 0.404 e. The van der Waals surface area contributed by atoms with Crippen molar-refractivity contribution in [1.29, 1.82) is 0 Å². The van der Waals surface area contributed by atoms with Crippen molar-refractivity contribution in [1.82, 2.24) is 0 Å². The van der Waals surface area contributed by atoms with Crippen LogP contribution in [-0.2, 0) is 11.3 Å². The number of carbonyl (C=O) groups is 1. The molecule has 1 amide bonds. The van der Waals surface area contributed by atoms with E-state index in [1.165, 1.54) is 18.2 Å². The van der Waals surface area contributed by atoms with E-state index in [2.05, 4.69) is 20.4 Å². The van der Waals surface area contributed by atoms with Gasteiger partial charge >= 0.3 is 6.36 Å². The predicted octanol–water partition coefficient (Wildman–Crippen LogP) is 4.87. The van der Waals surface area contributed by atoms with Crippen LogP contribution in [0.4, 0.5) is 24.5 Å². The lowest BCUT2D eigenvalue weighted by atomic mass is 9.85. The van der Waals surface area contributed by atoms with Crippen molar-refractivity contribution in [2.75, 3.05) is 10.6 Å². The molecule has 1 aliphatic rings. The first-order valence-electron chi connectivity index (χ1n) is 9.12. The highest BCUT2D eigenvalue weighted by molar-refractivity contribution is 14.0. The van der Waals surface area contributed by atoms with Gasteiger partial charge in [0.15, 0.2) is 11.7 Å². The van der Waals surface area contributed by atoms with Crippen LogP contribution in [0.1, 0.15) is 24.8 Å².